The Kier molecular flexibility index (Phi) is 4.07. The van der Waals surface area contributed by atoms with Crippen LogP contribution in [0.4, 0.5) is 13.2 Å². The molecule has 0 spiro atoms. The van der Waals surface area contributed by atoms with E-state index in [0.717, 1.165) is 14.9 Å². The first-order valence-electron chi connectivity index (χ1n) is 8.21. The fraction of sp³-hybridized carbons (Fsp3) is 0.105. The lowest BCUT2D eigenvalue weighted by Crippen LogP contribution is -2.13. The van der Waals surface area contributed by atoms with Crippen molar-refractivity contribution in [2.75, 3.05) is 0 Å². The van der Waals surface area contributed by atoms with Crippen LogP contribution in [0.1, 0.15) is 5.69 Å². The molecule has 0 fully saturated rings. The molecule has 0 atom stereocenters. The van der Waals surface area contributed by atoms with Crippen LogP contribution in [0.5, 0.6) is 0 Å². The molecule has 0 saturated heterocycles. The second-order valence-electron chi connectivity index (χ2n) is 6.20. The van der Waals surface area contributed by atoms with Gasteiger partial charge in [0.25, 0.3) is 10.0 Å². The zero-order valence-electron chi connectivity index (χ0n) is 14.6. The molecule has 0 aliphatic heterocycles. The molecule has 0 N–H and O–H groups in total. The van der Waals surface area contributed by atoms with Crippen molar-refractivity contribution < 1.29 is 21.6 Å². The molecule has 0 aliphatic carbocycles. The molecule has 144 valence electrons. The summed E-state index contributed by atoms with van der Waals surface area (Å²) >= 11 is 0. The number of benzene rings is 2. The Morgan fingerprint density at radius 2 is 1.57 bits per heavy atom. The Morgan fingerprint density at radius 3 is 2.25 bits per heavy atom. The molecule has 0 radical (unpaired) electrons. The van der Waals surface area contributed by atoms with Gasteiger partial charge in [-0.3, -0.25) is 4.68 Å². The largest absolute Gasteiger partial charge is 0.433 e. The lowest BCUT2D eigenvalue weighted by atomic mass is 10.1. The number of rotatable bonds is 3. The van der Waals surface area contributed by atoms with Crippen molar-refractivity contribution in [3.8, 4) is 11.1 Å². The van der Waals surface area contributed by atoms with E-state index in [1.54, 1.807) is 42.5 Å². The fourth-order valence-corrected chi connectivity index (χ4v) is 4.63. The van der Waals surface area contributed by atoms with Crippen LogP contribution >= 0.6 is 0 Å². The smallest absolute Gasteiger partial charge is 0.263 e. The quantitative estimate of drug-likeness (QED) is 0.511. The van der Waals surface area contributed by atoms with Crippen LogP contribution in [-0.4, -0.2) is 22.2 Å². The van der Waals surface area contributed by atoms with Crippen LogP contribution in [0, 0.1) is 0 Å². The summed E-state index contributed by atoms with van der Waals surface area (Å²) in [5.41, 5.74) is -0.672. The number of hydrogen-bond acceptors (Lipinski definition) is 3. The average molecular weight is 405 g/mol. The van der Waals surface area contributed by atoms with Gasteiger partial charge in [0.1, 0.15) is 5.69 Å². The summed E-state index contributed by atoms with van der Waals surface area (Å²) < 4.78 is 68.6. The molecule has 0 bridgehead atoms. The van der Waals surface area contributed by atoms with Crippen molar-refractivity contribution >= 4 is 20.9 Å². The van der Waals surface area contributed by atoms with Crippen molar-refractivity contribution in [3.05, 3.63) is 72.7 Å². The fourth-order valence-electron chi connectivity index (χ4n) is 3.24. The van der Waals surface area contributed by atoms with Gasteiger partial charge in [-0.15, -0.1) is 0 Å². The van der Waals surface area contributed by atoms with Gasteiger partial charge in [-0.2, -0.15) is 18.3 Å². The normalized spacial score (nSPS) is 12.6. The summed E-state index contributed by atoms with van der Waals surface area (Å²) in [6.45, 7) is 0. The molecule has 2 heterocycles. The van der Waals surface area contributed by atoms with Gasteiger partial charge >= 0.3 is 6.18 Å². The predicted octanol–water partition coefficient (Wildman–Crippen LogP) is 4.30. The topological polar surface area (TPSA) is 56.9 Å². The molecule has 28 heavy (non-hydrogen) atoms. The van der Waals surface area contributed by atoms with Gasteiger partial charge in [-0.05, 0) is 18.2 Å². The molecular formula is C19H14F3N3O2S. The number of aryl methyl sites for hydroxylation is 1. The van der Waals surface area contributed by atoms with E-state index in [-0.39, 0.29) is 16.0 Å². The number of alkyl halides is 3. The van der Waals surface area contributed by atoms with Crippen molar-refractivity contribution in [2.45, 2.75) is 11.1 Å². The molecule has 4 rings (SSSR count). The van der Waals surface area contributed by atoms with Gasteiger partial charge in [0, 0.05) is 29.8 Å². The Labute approximate surface area is 158 Å². The molecule has 2 aromatic heterocycles. The molecular weight excluding hydrogens is 391 g/mol. The maximum absolute atomic E-state index is 13.5. The molecule has 0 aliphatic rings. The van der Waals surface area contributed by atoms with Crippen molar-refractivity contribution in [2.24, 2.45) is 7.05 Å². The Morgan fingerprint density at radius 1 is 0.929 bits per heavy atom. The minimum absolute atomic E-state index is 0.0459. The molecule has 0 unspecified atom stereocenters. The summed E-state index contributed by atoms with van der Waals surface area (Å²) in [6.07, 6.45) is -2.31. The van der Waals surface area contributed by atoms with E-state index in [1.165, 1.54) is 25.4 Å². The van der Waals surface area contributed by atoms with Gasteiger partial charge in [-0.1, -0.05) is 36.4 Å². The average Bonchev–Trinajstić information content (AvgIpc) is 3.23. The third-order valence-corrected chi connectivity index (χ3v) is 6.16. The minimum Gasteiger partial charge on any atom is -0.263 e. The van der Waals surface area contributed by atoms with Gasteiger partial charge < -0.3 is 0 Å². The van der Waals surface area contributed by atoms with E-state index in [1.807, 2.05) is 0 Å². The molecule has 0 amide bonds. The monoisotopic (exact) mass is 405 g/mol. The maximum Gasteiger partial charge on any atom is 0.433 e. The molecule has 4 aromatic rings. The summed E-state index contributed by atoms with van der Waals surface area (Å²) in [5, 5.41) is 4.12. The highest BCUT2D eigenvalue weighted by molar-refractivity contribution is 7.90. The highest BCUT2D eigenvalue weighted by atomic mass is 32.2. The first-order chi connectivity index (χ1) is 13.2. The Bertz CT molecular complexity index is 1270. The van der Waals surface area contributed by atoms with Crippen molar-refractivity contribution in [3.63, 3.8) is 0 Å². The number of aromatic nitrogens is 3. The zero-order valence-corrected chi connectivity index (χ0v) is 15.4. The third kappa shape index (κ3) is 2.78. The lowest BCUT2D eigenvalue weighted by Gasteiger charge is -2.09. The Hall–Kier alpha value is -3.07. The summed E-state index contributed by atoms with van der Waals surface area (Å²) in [5.74, 6) is 0. The zero-order chi connectivity index (χ0) is 20.1. The maximum atomic E-state index is 13.5. The van der Waals surface area contributed by atoms with E-state index in [2.05, 4.69) is 5.10 Å². The molecule has 2 aromatic carbocycles. The van der Waals surface area contributed by atoms with E-state index < -0.39 is 21.9 Å². The number of hydrogen-bond donors (Lipinski definition) is 0. The second-order valence-corrected chi connectivity index (χ2v) is 8.02. The predicted molar refractivity (Wildman–Crippen MR) is 98.2 cm³/mol. The highest BCUT2D eigenvalue weighted by Crippen LogP contribution is 2.40. The molecule has 9 heteroatoms. The molecule has 5 nitrogen and oxygen atoms in total. The molecule has 0 saturated carbocycles. The van der Waals surface area contributed by atoms with Gasteiger partial charge in [0.05, 0.1) is 16.6 Å². The summed E-state index contributed by atoms with van der Waals surface area (Å²) in [4.78, 5) is 0.0459. The second kappa shape index (κ2) is 6.23. The van der Waals surface area contributed by atoms with E-state index in [4.69, 9.17) is 0 Å². The van der Waals surface area contributed by atoms with Crippen LogP contribution in [0.25, 0.3) is 22.0 Å². The number of nitrogens with zero attached hydrogens (tertiary/aromatic N) is 3. The van der Waals surface area contributed by atoms with E-state index >= 15 is 0 Å². The summed E-state index contributed by atoms with van der Waals surface area (Å²) in [7, 11) is -2.79. The van der Waals surface area contributed by atoms with Crippen molar-refractivity contribution in [1.82, 2.24) is 13.8 Å². The Balaban J connectivity index is 2.03. The first-order valence-corrected chi connectivity index (χ1v) is 9.65. The van der Waals surface area contributed by atoms with E-state index in [9.17, 15) is 21.6 Å². The van der Waals surface area contributed by atoms with Gasteiger partial charge in [-0.25, -0.2) is 12.4 Å². The highest BCUT2D eigenvalue weighted by Gasteiger charge is 2.38. The van der Waals surface area contributed by atoms with Crippen molar-refractivity contribution in [1.29, 1.82) is 0 Å². The van der Waals surface area contributed by atoms with Crippen LogP contribution in [0.2, 0.25) is 0 Å². The third-order valence-electron chi connectivity index (χ3n) is 4.48. The number of para-hydroxylation sites is 1. The number of fused-ring (bicyclic) bond motifs is 1. The lowest BCUT2D eigenvalue weighted by molar-refractivity contribution is -0.143. The SMILES string of the molecule is Cn1ncc(-c2cn(S(=O)(=O)c3ccccc3)c3ccccc23)c1C(F)(F)F. The van der Waals surface area contributed by atoms with Gasteiger partial charge in [0.2, 0.25) is 0 Å². The first kappa shape index (κ1) is 18.3. The summed E-state index contributed by atoms with van der Waals surface area (Å²) in [6, 6.07) is 14.2. The van der Waals surface area contributed by atoms with Crippen LogP contribution in [0.3, 0.4) is 0 Å². The van der Waals surface area contributed by atoms with Gasteiger partial charge in [0.15, 0.2) is 0 Å². The standard InChI is InChI=1S/C19H14F3N3O2S/c1-24-18(19(20,21)22)15(11-23-24)16-12-25(17-10-6-5-9-14(16)17)28(26,27)13-7-3-2-4-8-13/h2-12H,1H3. The van der Waals surface area contributed by atoms with Crippen LogP contribution < -0.4 is 0 Å². The van der Waals surface area contributed by atoms with E-state index in [0.29, 0.717) is 10.9 Å². The number of halogens is 3. The minimum atomic E-state index is -4.64. The van der Waals surface area contributed by atoms with Crippen LogP contribution in [0.15, 0.2) is 71.9 Å². The van der Waals surface area contributed by atoms with Crippen LogP contribution in [-0.2, 0) is 23.2 Å².